The summed E-state index contributed by atoms with van der Waals surface area (Å²) in [4.78, 5) is 2.44. The summed E-state index contributed by atoms with van der Waals surface area (Å²) in [5, 5.41) is 18.6. The fraction of sp³-hybridized carbons (Fsp3) is 0.409. The molecule has 0 bridgehead atoms. The highest BCUT2D eigenvalue weighted by atomic mass is 32.1. The van der Waals surface area contributed by atoms with Gasteiger partial charge in [-0.1, -0.05) is 31.2 Å². The van der Waals surface area contributed by atoms with E-state index in [4.69, 9.17) is 5.26 Å². The van der Waals surface area contributed by atoms with Gasteiger partial charge in [-0.3, -0.25) is 4.90 Å². The standard InChI is InChI=1S/C22H25FN2O.2H2S/c1-16-2-11-21(12-13-26)25(15-16)22(19-7-9-20(23)10-8-19)18-5-3-17(14-24)4-6-18;;/h3-10,16,21-22,26H,2,11-13,15H2,1H3;2*1H2/t16-,21+,22?;;/m1../s1. The van der Waals surface area contributed by atoms with Crippen molar-refractivity contribution in [1.82, 2.24) is 4.90 Å². The minimum Gasteiger partial charge on any atom is -0.396 e. The van der Waals surface area contributed by atoms with Crippen LogP contribution in [-0.2, 0) is 0 Å². The fourth-order valence-electron chi connectivity index (χ4n) is 3.98. The second kappa shape index (κ2) is 11.5. The first-order valence-electron chi connectivity index (χ1n) is 9.24. The Bertz CT molecular complexity index is 762. The van der Waals surface area contributed by atoms with Gasteiger partial charge in [0.05, 0.1) is 17.7 Å². The summed E-state index contributed by atoms with van der Waals surface area (Å²) in [6.07, 6.45) is 2.95. The second-order valence-corrected chi connectivity index (χ2v) is 7.23. The van der Waals surface area contributed by atoms with Crippen molar-refractivity contribution in [3.63, 3.8) is 0 Å². The molecule has 3 nitrogen and oxygen atoms in total. The number of halogens is 1. The summed E-state index contributed by atoms with van der Waals surface area (Å²) < 4.78 is 13.5. The molecule has 0 aromatic heterocycles. The molecule has 1 saturated heterocycles. The summed E-state index contributed by atoms with van der Waals surface area (Å²) >= 11 is 0. The predicted octanol–water partition coefficient (Wildman–Crippen LogP) is 4.50. The smallest absolute Gasteiger partial charge is 0.123 e. The molecule has 28 heavy (non-hydrogen) atoms. The van der Waals surface area contributed by atoms with Crippen LogP contribution in [0.5, 0.6) is 0 Å². The van der Waals surface area contributed by atoms with Crippen molar-refractivity contribution in [2.75, 3.05) is 13.2 Å². The van der Waals surface area contributed by atoms with Crippen LogP contribution in [0, 0.1) is 23.1 Å². The van der Waals surface area contributed by atoms with Crippen molar-refractivity contribution in [3.8, 4) is 6.07 Å². The van der Waals surface area contributed by atoms with Gasteiger partial charge in [0.2, 0.25) is 0 Å². The second-order valence-electron chi connectivity index (χ2n) is 7.23. The van der Waals surface area contributed by atoms with E-state index >= 15 is 0 Å². The molecule has 1 unspecified atom stereocenters. The number of nitriles is 1. The molecule has 3 rings (SSSR count). The SMILES string of the molecule is C[C@@H]1CC[C@@H](CCO)N(C(c2ccc(F)cc2)c2ccc(C#N)cc2)C1.S.S. The molecule has 0 aliphatic carbocycles. The average Bonchev–Trinajstić information content (AvgIpc) is 2.66. The number of hydrogen-bond acceptors (Lipinski definition) is 3. The molecule has 1 N–H and O–H groups in total. The Morgan fingerprint density at radius 2 is 1.64 bits per heavy atom. The van der Waals surface area contributed by atoms with Crippen LogP contribution < -0.4 is 0 Å². The molecule has 1 fully saturated rings. The van der Waals surface area contributed by atoms with Crippen molar-refractivity contribution in [3.05, 3.63) is 71.0 Å². The molecule has 0 saturated carbocycles. The van der Waals surface area contributed by atoms with Gasteiger partial charge in [0.15, 0.2) is 0 Å². The molecular weight excluding hydrogens is 391 g/mol. The lowest BCUT2D eigenvalue weighted by molar-refractivity contribution is 0.0657. The summed E-state index contributed by atoms with van der Waals surface area (Å²) in [6, 6.07) is 16.8. The first kappa shape index (κ1) is 24.5. The van der Waals surface area contributed by atoms with Crippen molar-refractivity contribution in [2.45, 2.75) is 38.3 Å². The molecule has 0 amide bonds. The number of hydrogen-bond donors (Lipinski definition) is 1. The van der Waals surface area contributed by atoms with Crippen LogP contribution in [0.2, 0.25) is 0 Å². The van der Waals surface area contributed by atoms with Crippen LogP contribution in [0.1, 0.15) is 48.9 Å². The topological polar surface area (TPSA) is 47.3 Å². The molecule has 152 valence electrons. The van der Waals surface area contributed by atoms with Gasteiger partial charge in [-0.2, -0.15) is 32.3 Å². The number of aliphatic hydroxyl groups is 1. The minimum atomic E-state index is -0.244. The quantitative estimate of drug-likeness (QED) is 0.775. The van der Waals surface area contributed by atoms with E-state index in [1.807, 2.05) is 36.4 Å². The third-order valence-corrected chi connectivity index (χ3v) is 5.32. The Hall–Kier alpha value is -1.52. The van der Waals surface area contributed by atoms with Gasteiger partial charge in [0, 0.05) is 19.2 Å². The maximum absolute atomic E-state index is 13.5. The lowest BCUT2D eigenvalue weighted by Gasteiger charge is -2.44. The number of likely N-dealkylation sites (tertiary alicyclic amines) is 1. The zero-order valence-corrected chi connectivity index (χ0v) is 18.1. The molecule has 2 aromatic rings. The lowest BCUT2D eigenvalue weighted by Crippen LogP contribution is -2.45. The van der Waals surface area contributed by atoms with E-state index in [0.29, 0.717) is 17.5 Å². The molecule has 6 heteroatoms. The third kappa shape index (κ3) is 5.74. The van der Waals surface area contributed by atoms with E-state index in [9.17, 15) is 9.50 Å². The van der Waals surface area contributed by atoms with E-state index in [1.54, 1.807) is 0 Å². The maximum atomic E-state index is 13.5. The van der Waals surface area contributed by atoms with Gasteiger partial charge in [-0.05, 0) is 60.6 Å². The van der Waals surface area contributed by atoms with Crippen molar-refractivity contribution in [1.29, 1.82) is 5.26 Å². The van der Waals surface area contributed by atoms with Gasteiger partial charge in [0.25, 0.3) is 0 Å². The Labute approximate surface area is 181 Å². The Morgan fingerprint density at radius 3 is 2.18 bits per heavy atom. The van der Waals surface area contributed by atoms with Gasteiger partial charge in [-0.15, -0.1) is 0 Å². The summed E-state index contributed by atoms with van der Waals surface area (Å²) in [6.45, 7) is 3.36. The summed E-state index contributed by atoms with van der Waals surface area (Å²) in [5.41, 5.74) is 2.76. The summed E-state index contributed by atoms with van der Waals surface area (Å²) in [5.74, 6) is 0.331. The Morgan fingerprint density at radius 1 is 1.07 bits per heavy atom. The zero-order chi connectivity index (χ0) is 18.5. The number of aliphatic hydroxyl groups excluding tert-OH is 1. The average molecular weight is 421 g/mol. The van der Waals surface area contributed by atoms with Gasteiger partial charge in [-0.25, -0.2) is 4.39 Å². The highest BCUT2D eigenvalue weighted by molar-refractivity contribution is 7.59. The molecule has 0 spiro atoms. The number of piperidine rings is 1. The monoisotopic (exact) mass is 420 g/mol. The first-order chi connectivity index (χ1) is 12.6. The van der Waals surface area contributed by atoms with Gasteiger partial charge < -0.3 is 5.11 Å². The van der Waals surface area contributed by atoms with Crippen LogP contribution in [0.15, 0.2) is 48.5 Å². The van der Waals surface area contributed by atoms with Crippen LogP contribution in [-0.4, -0.2) is 29.2 Å². The fourth-order valence-corrected chi connectivity index (χ4v) is 3.98. The first-order valence-corrected chi connectivity index (χ1v) is 9.24. The third-order valence-electron chi connectivity index (χ3n) is 5.32. The number of nitrogens with zero attached hydrogens (tertiary/aromatic N) is 2. The van der Waals surface area contributed by atoms with Gasteiger partial charge in [0.1, 0.15) is 5.82 Å². The molecular formula is C22H29FN2OS2. The number of rotatable bonds is 5. The van der Waals surface area contributed by atoms with E-state index in [0.717, 1.165) is 36.9 Å². The molecule has 3 atom stereocenters. The normalized spacial score (nSPS) is 20.4. The number of benzene rings is 2. The Balaban J connectivity index is 0.00000196. The zero-order valence-electron chi connectivity index (χ0n) is 16.1. The van der Waals surface area contributed by atoms with Crippen molar-refractivity contribution < 1.29 is 9.50 Å². The van der Waals surface area contributed by atoms with Crippen molar-refractivity contribution >= 4 is 27.0 Å². The summed E-state index contributed by atoms with van der Waals surface area (Å²) in [7, 11) is 0. The molecule has 0 radical (unpaired) electrons. The molecule has 1 heterocycles. The highest BCUT2D eigenvalue weighted by Crippen LogP contribution is 2.36. The molecule has 1 aliphatic heterocycles. The van der Waals surface area contributed by atoms with E-state index < -0.39 is 0 Å². The maximum Gasteiger partial charge on any atom is 0.123 e. The van der Waals surface area contributed by atoms with E-state index in [-0.39, 0.29) is 45.5 Å². The van der Waals surface area contributed by atoms with Crippen molar-refractivity contribution in [2.24, 2.45) is 5.92 Å². The minimum absolute atomic E-state index is 0. The highest BCUT2D eigenvalue weighted by Gasteiger charge is 2.33. The van der Waals surface area contributed by atoms with Gasteiger partial charge >= 0.3 is 0 Å². The molecule has 1 aliphatic rings. The van der Waals surface area contributed by atoms with E-state index in [1.165, 1.54) is 12.1 Å². The Kier molecular flexibility index (Phi) is 10.0. The molecule has 2 aromatic carbocycles. The predicted molar refractivity (Wildman–Crippen MR) is 121 cm³/mol. The lowest BCUT2D eigenvalue weighted by atomic mass is 9.87. The largest absolute Gasteiger partial charge is 0.396 e. The van der Waals surface area contributed by atoms with Crippen LogP contribution in [0.25, 0.3) is 0 Å². The van der Waals surface area contributed by atoms with E-state index in [2.05, 4.69) is 17.9 Å². The van der Waals surface area contributed by atoms with Crippen LogP contribution in [0.3, 0.4) is 0 Å². The van der Waals surface area contributed by atoms with Crippen LogP contribution in [0.4, 0.5) is 4.39 Å². The van der Waals surface area contributed by atoms with Crippen LogP contribution >= 0.6 is 27.0 Å².